The third-order valence-electron chi connectivity index (χ3n) is 3.99. The molecule has 0 radical (unpaired) electrons. The van der Waals surface area contributed by atoms with Crippen molar-refractivity contribution >= 4 is 0 Å². The van der Waals surface area contributed by atoms with Crippen LogP contribution < -0.4 is 0 Å². The van der Waals surface area contributed by atoms with E-state index in [0.717, 1.165) is 5.56 Å². The van der Waals surface area contributed by atoms with Crippen molar-refractivity contribution < 1.29 is 14.7 Å². The molecule has 1 fully saturated rings. The maximum absolute atomic E-state index is 10.4. The maximum atomic E-state index is 10.4. The fourth-order valence-electron chi connectivity index (χ4n) is 2.69. The summed E-state index contributed by atoms with van der Waals surface area (Å²) in [5.74, 6) is 2.48. The SMILES string of the molecule is C#C[C@@H](C)[C@H]1ON(C)[C@H]([C@@H](C)OCc2ccccc2)[C@H]1O. The third-order valence-corrected chi connectivity index (χ3v) is 3.99. The van der Waals surface area contributed by atoms with Crippen LogP contribution in [0, 0.1) is 18.3 Å². The zero-order valence-corrected chi connectivity index (χ0v) is 12.8. The zero-order valence-electron chi connectivity index (χ0n) is 12.8. The molecule has 0 aromatic heterocycles. The second-order valence-electron chi connectivity index (χ2n) is 5.55. The topological polar surface area (TPSA) is 41.9 Å². The van der Waals surface area contributed by atoms with Gasteiger partial charge in [0.15, 0.2) is 0 Å². The van der Waals surface area contributed by atoms with Gasteiger partial charge in [0, 0.05) is 13.0 Å². The van der Waals surface area contributed by atoms with Crippen LogP contribution in [0.2, 0.25) is 0 Å². The molecule has 1 aromatic rings. The standard InChI is InChI=1S/C17H23NO3/c1-5-12(2)17-16(19)15(18(4)21-17)13(3)20-11-14-9-7-6-8-10-14/h1,6-10,12-13,15-17,19H,11H2,2-4H3/t12-,13-,15-,16-,17-/m1/s1. The maximum Gasteiger partial charge on any atom is 0.120 e. The average Bonchev–Trinajstić information content (AvgIpc) is 2.80. The highest BCUT2D eigenvalue weighted by Crippen LogP contribution is 2.28. The van der Waals surface area contributed by atoms with Crippen molar-refractivity contribution in [2.24, 2.45) is 5.92 Å². The first-order valence-electron chi connectivity index (χ1n) is 7.24. The number of hydroxylamine groups is 2. The molecule has 0 saturated carbocycles. The number of likely N-dealkylation sites (N-methyl/N-ethyl adjacent to an activating group) is 1. The van der Waals surface area contributed by atoms with Gasteiger partial charge < -0.3 is 9.84 Å². The van der Waals surface area contributed by atoms with Gasteiger partial charge in [0.1, 0.15) is 12.2 Å². The van der Waals surface area contributed by atoms with Crippen LogP contribution in [0.15, 0.2) is 30.3 Å². The van der Waals surface area contributed by atoms with Gasteiger partial charge in [-0.1, -0.05) is 30.3 Å². The molecule has 1 N–H and O–H groups in total. The number of terminal acetylenes is 1. The number of nitrogens with zero attached hydrogens (tertiary/aromatic N) is 1. The number of hydrogen-bond acceptors (Lipinski definition) is 4. The van der Waals surface area contributed by atoms with Crippen LogP contribution in [-0.2, 0) is 16.2 Å². The lowest BCUT2D eigenvalue weighted by atomic mass is 9.94. The molecule has 21 heavy (non-hydrogen) atoms. The highest BCUT2D eigenvalue weighted by Gasteiger charge is 2.45. The van der Waals surface area contributed by atoms with Crippen LogP contribution in [0.1, 0.15) is 19.4 Å². The molecule has 4 heteroatoms. The molecular weight excluding hydrogens is 266 g/mol. The normalized spacial score (nSPS) is 29.0. The lowest BCUT2D eigenvalue weighted by Gasteiger charge is -2.26. The van der Waals surface area contributed by atoms with Gasteiger partial charge in [-0.05, 0) is 19.4 Å². The van der Waals surface area contributed by atoms with Crippen molar-refractivity contribution in [3.8, 4) is 12.3 Å². The van der Waals surface area contributed by atoms with Gasteiger partial charge in [0.05, 0.1) is 18.8 Å². The van der Waals surface area contributed by atoms with Gasteiger partial charge in [-0.15, -0.1) is 12.3 Å². The molecule has 2 rings (SSSR count). The summed E-state index contributed by atoms with van der Waals surface area (Å²) in [5, 5.41) is 12.1. The number of rotatable bonds is 5. The first kappa shape index (κ1) is 16.0. The fraction of sp³-hybridized carbons (Fsp3) is 0.529. The van der Waals surface area contributed by atoms with E-state index < -0.39 is 6.10 Å². The lowest BCUT2D eigenvalue weighted by molar-refractivity contribution is -0.168. The molecule has 1 aromatic carbocycles. The Labute approximate surface area is 126 Å². The highest BCUT2D eigenvalue weighted by molar-refractivity contribution is 5.13. The van der Waals surface area contributed by atoms with Crippen molar-refractivity contribution in [1.29, 1.82) is 0 Å². The van der Waals surface area contributed by atoms with E-state index >= 15 is 0 Å². The predicted octanol–water partition coefficient (Wildman–Crippen LogP) is 1.84. The van der Waals surface area contributed by atoms with Crippen LogP contribution in [0.5, 0.6) is 0 Å². The van der Waals surface area contributed by atoms with E-state index in [0.29, 0.717) is 6.61 Å². The molecular formula is C17H23NO3. The van der Waals surface area contributed by atoms with Gasteiger partial charge in [-0.2, -0.15) is 5.06 Å². The summed E-state index contributed by atoms with van der Waals surface area (Å²) in [7, 11) is 1.81. The Hall–Kier alpha value is -1.38. The lowest BCUT2D eigenvalue weighted by Crippen LogP contribution is -2.44. The van der Waals surface area contributed by atoms with E-state index in [2.05, 4.69) is 5.92 Å². The molecule has 0 bridgehead atoms. The number of benzene rings is 1. The molecule has 5 atom stereocenters. The highest BCUT2D eigenvalue weighted by atomic mass is 16.7. The number of aliphatic hydroxyl groups is 1. The number of hydrogen-bond donors (Lipinski definition) is 1. The summed E-state index contributed by atoms with van der Waals surface area (Å²) in [6.07, 6.45) is 4.22. The number of ether oxygens (including phenoxy) is 1. The van der Waals surface area contributed by atoms with Crippen molar-refractivity contribution in [1.82, 2.24) is 5.06 Å². The average molecular weight is 289 g/mol. The first-order chi connectivity index (χ1) is 10.0. The number of aliphatic hydroxyl groups excluding tert-OH is 1. The van der Waals surface area contributed by atoms with Crippen molar-refractivity contribution in [2.75, 3.05) is 7.05 Å². The van der Waals surface area contributed by atoms with Crippen molar-refractivity contribution in [2.45, 2.75) is 44.8 Å². The summed E-state index contributed by atoms with van der Waals surface area (Å²) >= 11 is 0. The van der Waals surface area contributed by atoms with Crippen molar-refractivity contribution in [3.05, 3.63) is 35.9 Å². The van der Waals surface area contributed by atoms with Crippen LogP contribution in [-0.4, -0.2) is 41.6 Å². The van der Waals surface area contributed by atoms with E-state index in [1.54, 1.807) is 12.1 Å². The van der Waals surface area contributed by atoms with E-state index in [1.165, 1.54) is 0 Å². The largest absolute Gasteiger partial charge is 0.388 e. The Balaban J connectivity index is 1.96. The Kier molecular flexibility index (Phi) is 5.38. The van der Waals surface area contributed by atoms with Crippen LogP contribution >= 0.6 is 0 Å². The summed E-state index contributed by atoms with van der Waals surface area (Å²) < 4.78 is 5.88. The quantitative estimate of drug-likeness (QED) is 0.840. The van der Waals surface area contributed by atoms with Gasteiger partial charge in [0.2, 0.25) is 0 Å². The predicted molar refractivity (Wildman–Crippen MR) is 81.1 cm³/mol. The summed E-state index contributed by atoms with van der Waals surface area (Å²) in [6.45, 7) is 4.33. The van der Waals surface area contributed by atoms with Crippen molar-refractivity contribution in [3.63, 3.8) is 0 Å². The molecule has 0 spiro atoms. The smallest absolute Gasteiger partial charge is 0.120 e. The molecule has 114 valence electrons. The summed E-state index contributed by atoms with van der Waals surface area (Å²) in [5.41, 5.74) is 1.11. The summed E-state index contributed by atoms with van der Waals surface area (Å²) in [6, 6.07) is 9.74. The Morgan fingerprint density at radius 1 is 1.38 bits per heavy atom. The molecule has 0 unspecified atom stereocenters. The third kappa shape index (κ3) is 3.63. The Morgan fingerprint density at radius 3 is 2.67 bits per heavy atom. The van der Waals surface area contributed by atoms with E-state index in [9.17, 15) is 5.11 Å². The fourth-order valence-corrected chi connectivity index (χ4v) is 2.69. The monoisotopic (exact) mass is 289 g/mol. The first-order valence-corrected chi connectivity index (χ1v) is 7.24. The minimum absolute atomic E-state index is 0.145. The molecule has 0 aliphatic carbocycles. The van der Waals surface area contributed by atoms with Crippen LogP contribution in [0.3, 0.4) is 0 Å². The second-order valence-corrected chi connectivity index (χ2v) is 5.55. The molecule has 1 aliphatic heterocycles. The van der Waals surface area contributed by atoms with E-state index in [-0.39, 0.29) is 24.2 Å². The van der Waals surface area contributed by atoms with Gasteiger partial charge in [0.25, 0.3) is 0 Å². The zero-order chi connectivity index (χ0) is 15.4. The Bertz CT molecular complexity index is 485. The molecule has 1 saturated heterocycles. The van der Waals surface area contributed by atoms with Gasteiger partial charge in [-0.25, -0.2) is 0 Å². The second kappa shape index (κ2) is 7.06. The van der Waals surface area contributed by atoms with Gasteiger partial charge in [-0.3, -0.25) is 4.84 Å². The molecule has 1 aliphatic rings. The van der Waals surface area contributed by atoms with E-state index in [4.69, 9.17) is 16.0 Å². The van der Waals surface area contributed by atoms with Crippen LogP contribution in [0.4, 0.5) is 0 Å². The minimum atomic E-state index is -0.660. The molecule has 0 amide bonds. The summed E-state index contributed by atoms with van der Waals surface area (Å²) in [4.78, 5) is 5.67. The molecule has 4 nitrogen and oxygen atoms in total. The van der Waals surface area contributed by atoms with Crippen LogP contribution in [0.25, 0.3) is 0 Å². The van der Waals surface area contributed by atoms with E-state index in [1.807, 2.05) is 44.2 Å². The minimum Gasteiger partial charge on any atom is -0.388 e. The molecule has 1 heterocycles. The Morgan fingerprint density at radius 2 is 2.05 bits per heavy atom. The van der Waals surface area contributed by atoms with Gasteiger partial charge >= 0.3 is 0 Å².